The van der Waals surface area contributed by atoms with E-state index in [0.717, 1.165) is 11.1 Å². The van der Waals surface area contributed by atoms with E-state index in [1.165, 1.54) is 5.56 Å². The van der Waals surface area contributed by atoms with Crippen molar-refractivity contribution < 1.29 is 5.11 Å². The lowest BCUT2D eigenvalue weighted by molar-refractivity contribution is 0.466. The van der Waals surface area contributed by atoms with Gasteiger partial charge in [0, 0.05) is 0 Å². The maximum Gasteiger partial charge on any atom is 0.121 e. The highest BCUT2D eigenvalue weighted by Crippen LogP contribution is 2.21. The van der Waals surface area contributed by atoms with E-state index in [0.29, 0.717) is 5.75 Å². The summed E-state index contributed by atoms with van der Waals surface area (Å²) in [4.78, 5) is 0. The number of aryl methyl sites for hydroxylation is 3. The maximum absolute atomic E-state index is 9.33. The normalized spacial score (nSPS) is 7.31. The first kappa shape index (κ1) is 20.4. The third-order valence-electron chi connectivity index (χ3n) is 1.64. The molecule has 1 aromatic rings. The van der Waals surface area contributed by atoms with Crippen molar-refractivity contribution in [1.29, 1.82) is 0 Å². The fourth-order valence-electron chi connectivity index (χ4n) is 1.17. The second-order valence-corrected chi connectivity index (χ2v) is 2.75. The Morgan fingerprint density at radius 2 is 0.938 bits per heavy atom. The van der Waals surface area contributed by atoms with Crippen LogP contribution in [0.25, 0.3) is 0 Å². The average molecular weight is 226 g/mol. The molecule has 0 aliphatic carbocycles. The van der Waals surface area contributed by atoms with Gasteiger partial charge in [-0.1, -0.05) is 59.2 Å². The molecule has 0 aliphatic heterocycles. The summed E-state index contributed by atoms with van der Waals surface area (Å²) in [6, 6.07) is 3.95. The van der Waals surface area contributed by atoms with Gasteiger partial charge in [-0.25, -0.2) is 0 Å². The lowest BCUT2D eigenvalue weighted by atomic mass is 10.1. The van der Waals surface area contributed by atoms with E-state index in [-0.39, 0.29) is 0 Å². The highest BCUT2D eigenvalue weighted by Gasteiger charge is 1.98. The summed E-state index contributed by atoms with van der Waals surface area (Å²) in [6.45, 7) is 17.9. The molecule has 0 aromatic heterocycles. The number of phenols is 1. The molecule has 0 aliphatic rings. The van der Waals surface area contributed by atoms with Crippen molar-refractivity contribution in [3.8, 4) is 5.75 Å². The molecule has 1 nitrogen and oxygen atoms in total. The van der Waals surface area contributed by atoms with Gasteiger partial charge in [-0.15, -0.1) is 0 Å². The zero-order valence-electron chi connectivity index (χ0n) is 12.6. The topological polar surface area (TPSA) is 20.2 Å². The molecule has 0 bridgehead atoms. The molecule has 0 amide bonds. The van der Waals surface area contributed by atoms with Crippen molar-refractivity contribution >= 4 is 0 Å². The molecular formula is C15H30O. The maximum atomic E-state index is 9.33. The Morgan fingerprint density at radius 1 is 0.688 bits per heavy atom. The van der Waals surface area contributed by atoms with Gasteiger partial charge in [-0.2, -0.15) is 0 Å². The molecule has 0 radical (unpaired) electrons. The van der Waals surface area contributed by atoms with E-state index >= 15 is 0 Å². The van der Waals surface area contributed by atoms with Crippen LogP contribution in [0.5, 0.6) is 5.75 Å². The predicted molar refractivity (Wildman–Crippen MR) is 76.4 cm³/mol. The van der Waals surface area contributed by atoms with Gasteiger partial charge in [0.2, 0.25) is 0 Å². The van der Waals surface area contributed by atoms with E-state index in [4.69, 9.17) is 0 Å². The average Bonchev–Trinajstić information content (AvgIpc) is 2.33. The van der Waals surface area contributed by atoms with Crippen LogP contribution in [0.1, 0.15) is 58.2 Å². The van der Waals surface area contributed by atoms with Crippen molar-refractivity contribution in [3.63, 3.8) is 0 Å². The Kier molecular flexibility index (Phi) is 17.9. The van der Waals surface area contributed by atoms with Crippen LogP contribution in [0.15, 0.2) is 12.1 Å². The van der Waals surface area contributed by atoms with Gasteiger partial charge in [0.05, 0.1) is 0 Å². The summed E-state index contributed by atoms with van der Waals surface area (Å²) in [5, 5.41) is 9.33. The Balaban J connectivity index is -0.000000245. The van der Waals surface area contributed by atoms with Crippen LogP contribution in [-0.4, -0.2) is 5.11 Å². The quantitative estimate of drug-likeness (QED) is 0.628. The molecule has 0 fully saturated rings. The molecule has 16 heavy (non-hydrogen) atoms. The summed E-state index contributed by atoms with van der Waals surface area (Å²) >= 11 is 0. The summed E-state index contributed by atoms with van der Waals surface area (Å²) in [6.07, 6.45) is 0. The van der Waals surface area contributed by atoms with Crippen molar-refractivity contribution in [2.24, 2.45) is 0 Å². The molecule has 0 saturated heterocycles. The predicted octanol–water partition coefficient (Wildman–Crippen LogP) is 5.40. The lowest BCUT2D eigenvalue weighted by Gasteiger charge is -2.03. The first-order valence-electron chi connectivity index (χ1n) is 6.38. The minimum atomic E-state index is 0.422. The van der Waals surface area contributed by atoms with Crippen LogP contribution in [0.3, 0.4) is 0 Å². The fraction of sp³-hybridized carbons (Fsp3) is 0.600. The first-order chi connectivity index (χ1) is 7.61. The zero-order valence-corrected chi connectivity index (χ0v) is 12.6. The van der Waals surface area contributed by atoms with E-state index in [1.54, 1.807) is 0 Å². The van der Waals surface area contributed by atoms with Crippen LogP contribution in [0.2, 0.25) is 0 Å². The van der Waals surface area contributed by atoms with Crippen molar-refractivity contribution in [2.75, 3.05) is 0 Å². The molecule has 1 rings (SSSR count). The highest BCUT2D eigenvalue weighted by atomic mass is 16.3. The number of aromatic hydroxyl groups is 1. The number of rotatable bonds is 0. The molecule has 0 atom stereocenters. The van der Waals surface area contributed by atoms with Gasteiger partial charge in [-0.3, -0.25) is 0 Å². The monoisotopic (exact) mass is 226 g/mol. The minimum Gasteiger partial charge on any atom is -0.507 e. The van der Waals surface area contributed by atoms with Gasteiger partial charge in [-0.05, 0) is 31.9 Å². The Hall–Kier alpha value is -0.980. The number of benzene rings is 1. The van der Waals surface area contributed by atoms with Crippen LogP contribution in [0.4, 0.5) is 0 Å². The molecule has 0 saturated carbocycles. The van der Waals surface area contributed by atoms with Crippen molar-refractivity contribution in [2.45, 2.75) is 62.3 Å². The SMILES string of the molecule is CC.CC.CC.Cc1cc(C)c(O)c(C)c1. The van der Waals surface area contributed by atoms with Gasteiger partial charge in [0.15, 0.2) is 0 Å². The van der Waals surface area contributed by atoms with Gasteiger partial charge < -0.3 is 5.11 Å². The number of hydrogen-bond donors (Lipinski definition) is 1. The Morgan fingerprint density at radius 3 is 1.19 bits per heavy atom. The van der Waals surface area contributed by atoms with E-state index in [2.05, 4.69) is 0 Å². The largest absolute Gasteiger partial charge is 0.507 e. The Bertz CT molecular complexity index is 229. The van der Waals surface area contributed by atoms with Crippen LogP contribution >= 0.6 is 0 Å². The van der Waals surface area contributed by atoms with E-state index in [1.807, 2.05) is 74.4 Å². The smallest absolute Gasteiger partial charge is 0.121 e. The lowest BCUT2D eigenvalue weighted by Crippen LogP contribution is -1.81. The van der Waals surface area contributed by atoms with Crippen molar-refractivity contribution in [3.05, 3.63) is 28.8 Å². The molecule has 0 heterocycles. The van der Waals surface area contributed by atoms with Crippen LogP contribution < -0.4 is 0 Å². The summed E-state index contributed by atoms with van der Waals surface area (Å²) in [5.74, 6) is 0.422. The van der Waals surface area contributed by atoms with E-state index in [9.17, 15) is 5.11 Å². The molecule has 0 spiro atoms. The van der Waals surface area contributed by atoms with Crippen molar-refractivity contribution in [1.82, 2.24) is 0 Å². The van der Waals surface area contributed by atoms with Crippen LogP contribution in [0, 0.1) is 20.8 Å². The zero-order chi connectivity index (χ0) is 13.7. The van der Waals surface area contributed by atoms with Gasteiger partial charge >= 0.3 is 0 Å². The molecule has 1 N–H and O–H groups in total. The van der Waals surface area contributed by atoms with Gasteiger partial charge in [0.1, 0.15) is 5.75 Å². The third-order valence-corrected chi connectivity index (χ3v) is 1.64. The second-order valence-electron chi connectivity index (χ2n) is 2.75. The summed E-state index contributed by atoms with van der Waals surface area (Å²) in [5.41, 5.74) is 3.11. The second kappa shape index (κ2) is 14.0. The molecule has 1 heteroatoms. The van der Waals surface area contributed by atoms with E-state index < -0.39 is 0 Å². The standard InChI is InChI=1S/C9H12O.3C2H6/c1-6-4-7(2)9(10)8(3)5-6;3*1-2/h4-5,10H,1-3H3;3*1-2H3. The third kappa shape index (κ3) is 8.34. The minimum absolute atomic E-state index is 0.422. The Labute approximate surface area is 103 Å². The number of hydrogen-bond acceptors (Lipinski definition) is 1. The summed E-state index contributed by atoms with van der Waals surface area (Å²) in [7, 11) is 0. The highest BCUT2D eigenvalue weighted by molar-refractivity contribution is 5.41. The van der Waals surface area contributed by atoms with Gasteiger partial charge in [0.25, 0.3) is 0 Å². The molecule has 96 valence electrons. The molecule has 1 aromatic carbocycles. The fourth-order valence-corrected chi connectivity index (χ4v) is 1.17. The molecule has 0 unspecified atom stereocenters. The van der Waals surface area contributed by atoms with Crippen LogP contribution in [-0.2, 0) is 0 Å². The first-order valence-corrected chi connectivity index (χ1v) is 6.38. The number of phenolic OH excluding ortho intramolecular Hbond substituents is 1. The summed E-state index contributed by atoms with van der Waals surface area (Å²) < 4.78 is 0. The molecular weight excluding hydrogens is 196 g/mol.